The summed E-state index contributed by atoms with van der Waals surface area (Å²) in [5.74, 6) is 0.194. The molecular formula is C7H9F3N2OS2. The maximum atomic E-state index is 11.6. The molecule has 0 N–H and O–H groups in total. The summed E-state index contributed by atoms with van der Waals surface area (Å²) < 4.78 is 42.3. The van der Waals surface area contributed by atoms with Crippen molar-refractivity contribution < 1.29 is 17.9 Å². The molecule has 0 unspecified atom stereocenters. The first kappa shape index (κ1) is 12.7. The molecule has 3 nitrogen and oxygen atoms in total. The molecule has 1 heterocycles. The highest BCUT2D eigenvalue weighted by Crippen LogP contribution is 2.20. The van der Waals surface area contributed by atoms with E-state index in [2.05, 4.69) is 14.1 Å². The lowest BCUT2D eigenvalue weighted by Gasteiger charge is -2.05. The van der Waals surface area contributed by atoms with Crippen LogP contribution in [0.4, 0.5) is 13.2 Å². The van der Waals surface area contributed by atoms with Gasteiger partial charge < -0.3 is 0 Å². The molecule has 0 radical (unpaired) electrons. The molecule has 1 rings (SSSR count). The monoisotopic (exact) mass is 258 g/mol. The van der Waals surface area contributed by atoms with Crippen molar-refractivity contribution in [2.45, 2.75) is 24.9 Å². The third-order valence-corrected chi connectivity index (χ3v) is 3.11. The SMILES string of the molecule is CCc1nc(SCCOC(F)(F)F)ns1. The van der Waals surface area contributed by atoms with Crippen LogP contribution in [-0.2, 0) is 11.2 Å². The lowest BCUT2D eigenvalue weighted by atomic mass is 10.5. The first-order chi connectivity index (χ1) is 7.01. The Bertz CT molecular complexity index is 303. The average molecular weight is 258 g/mol. The Kier molecular flexibility index (Phi) is 4.81. The molecule has 1 aromatic rings. The smallest absolute Gasteiger partial charge is 0.291 e. The largest absolute Gasteiger partial charge is 0.522 e. The molecule has 0 saturated heterocycles. The zero-order valence-corrected chi connectivity index (χ0v) is 9.51. The standard InChI is InChI=1S/C7H9F3N2OS2/c1-2-5-11-6(12-15-5)14-4-3-13-7(8,9)10/h2-4H2,1H3. The Morgan fingerprint density at radius 1 is 1.47 bits per heavy atom. The van der Waals surface area contributed by atoms with Gasteiger partial charge in [0.05, 0.1) is 6.61 Å². The molecular weight excluding hydrogens is 249 g/mol. The van der Waals surface area contributed by atoms with E-state index in [1.54, 1.807) is 0 Å². The minimum Gasteiger partial charge on any atom is -0.291 e. The van der Waals surface area contributed by atoms with Crippen LogP contribution in [0, 0.1) is 0 Å². The van der Waals surface area contributed by atoms with E-state index in [-0.39, 0.29) is 12.4 Å². The van der Waals surface area contributed by atoms with Crippen LogP contribution in [0.2, 0.25) is 0 Å². The van der Waals surface area contributed by atoms with Crippen LogP contribution in [-0.4, -0.2) is 28.1 Å². The van der Waals surface area contributed by atoms with E-state index >= 15 is 0 Å². The molecule has 1 aromatic heterocycles. The van der Waals surface area contributed by atoms with E-state index in [4.69, 9.17) is 0 Å². The van der Waals surface area contributed by atoms with Crippen molar-refractivity contribution in [2.75, 3.05) is 12.4 Å². The fourth-order valence-corrected chi connectivity index (χ4v) is 2.12. The fourth-order valence-electron chi connectivity index (χ4n) is 0.732. The van der Waals surface area contributed by atoms with Gasteiger partial charge in [0.1, 0.15) is 5.01 Å². The number of rotatable bonds is 5. The molecule has 0 aliphatic carbocycles. The molecule has 0 amide bonds. The third-order valence-electron chi connectivity index (χ3n) is 1.33. The van der Waals surface area contributed by atoms with E-state index < -0.39 is 6.36 Å². The normalized spacial score (nSPS) is 12.0. The van der Waals surface area contributed by atoms with Crippen LogP contribution >= 0.6 is 23.3 Å². The van der Waals surface area contributed by atoms with E-state index in [1.807, 2.05) is 6.92 Å². The first-order valence-electron chi connectivity index (χ1n) is 4.17. The Balaban J connectivity index is 2.20. The molecule has 0 spiro atoms. The highest BCUT2D eigenvalue weighted by molar-refractivity contribution is 7.99. The molecule has 0 aliphatic heterocycles. The van der Waals surface area contributed by atoms with Crippen LogP contribution in [0.1, 0.15) is 11.9 Å². The Hall–Kier alpha value is -0.340. The number of thioether (sulfide) groups is 1. The molecule has 86 valence electrons. The minimum absolute atomic E-state index is 0.194. The highest BCUT2D eigenvalue weighted by atomic mass is 32.2. The van der Waals surface area contributed by atoms with Gasteiger partial charge >= 0.3 is 6.36 Å². The van der Waals surface area contributed by atoms with Crippen molar-refractivity contribution in [2.24, 2.45) is 0 Å². The first-order valence-corrected chi connectivity index (χ1v) is 5.93. The quantitative estimate of drug-likeness (QED) is 0.601. The summed E-state index contributed by atoms with van der Waals surface area (Å²) in [5, 5.41) is 1.40. The van der Waals surface area contributed by atoms with E-state index in [0.29, 0.717) is 5.16 Å². The minimum atomic E-state index is -4.55. The molecule has 0 fully saturated rings. The number of aryl methyl sites for hydroxylation is 1. The van der Waals surface area contributed by atoms with Gasteiger partial charge in [-0.3, -0.25) is 4.74 Å². The number of halogens is 3. The fraction of sp³-hybridized carbons (Fsp3) is 0.714. The zero-order chi connectivity index (χ0) is 11.3. The lowest BCUT2D eigenvalue weighted by molar-refractivity contribution is -0.322. The van der Waals surface area contributed by atoms with Crippen LogP contribution in [0.3, 0.4) is 0 Å². The summed E-state index contributed by atoms with van der Waals surface area (Å²) >= 11 is 2.43. The summed E-state index contributed by atoms with van der Waals surface area (Å²) in [6.07, 6.45) is -3.76. The summed E-state index contributed by atoms with van der Waals surface area (Å²) in [4.78, 5) is 4.10. The number of hydrogen-bond acceptors (Lipinski definition) is 5. The zero-order valence-electron chi connectivity index (χ0n) is 7.87. The van der Waals surface area contributed by atoms with E-state index in [9.17, 15) is 13.2 Å². The summed E-state index contributed by atoms with van der Waals surface area (Å²) in [5.41, 5.74) is 0. The maximum Gasteiger partial charge on any atom is 0.522 e. The number of nitrogens with zero attached hydrogens (tertiary/aromatic N) is 2. The number of aromatic nitrogens is 2. The molecule has 0 aromatic carbocycles. The van der Waals surface area contributed by atoms with Crippen molar-refractivity contribution in [1.29, 1.82) is 0 Å². The Morgan fingerprint density at radius 2 is 2.20 bits per heavy atom. The lowest BCUT2D eigenvalue weighted by Crippen LogP contribution is -2.15. The van der Waals surface area contributed by atoms with Crippen LogP contribution in [0.15, 0.2) is 5.16 Å². The van der Waals surface area contributed by atoms with Crippen LogP contribution in [0.25, 0.3) is 0 Å². The van der Waals surface area contributed by atoms with Gasteiger partial charge in [-0.1, -0.05) is 18.7 Å². The predicted octanol–water partition coefficient (Wildman–Crippen LogP) is 2.73. The van der Waals surface area contributed by atoms with E-state index in [1.165, 1.54) is 11.5 Å². The third kappa shape index (κ3) is 5.33. The van der Waals surface area contributed by atoms with Gasteiger partial charge in [-0.25, -0.2) is 4.98 Å². The maximum absolute atomic E-state index is 11.6. The van der Waals surface area contributed by atoms with Crippen molar-refractivity contribution in [3.8, 4) is 0 Å². The number of alkyl halides is 3. The highest BCUT2D eigenvalue weighted by Gasteiger charge is 2.28. The second kappa shape index (κ2) is 5.66. The van der Waals surface area contributed by atoms with Gasteiger partial charge in [-0.05, 0) is 18.0 Å². The second-order valence-corrected chi connectivity index (χ2v) is 4.37. The predicted molar refractivity (Wildman–Crippen MR) is 52.0 cm³/mol. The van der Waals surface area contributed by atoms with Crippen LogP contribution in [0.5, 0.6) is 0 Å². The molecule has 0 saturated carbocycles. The summed E-state index contributed by atoms with van der Waals surface area (Å²) in [6.45, 7) is 1.57. The summed E-state index contributed by atoms with van der Waals surface area (Å²) in [6, 6.07) is 0. The van der Waals surface area contributed by atoms with Crippen molar-refractivity contribution in [3.63, 3.8) is 0 Å². The van der Waals surface area contributed by atoms with Gasteiger partial charge in [-0.2, -0.15) is 4.37 Å². The van der Waals surface area contributed by atoms with Crippen molar-refractivity contribution in [1.82, 2.24) is 9.36 Å². The molecule has 8 heteroatoms. The van der Waals surface area contributed by atoms with Crippen molar-refractivity contribution >= 4 is 23.3 Å². The van der Waals surface area contributed by atoms with Gasteiger partial charge in [-0.15, -0.1) is 13.2 Å². The van der Waals surface area contributed by atoms with Gasteiger partial charge in [0, 0.05) is 5.75 Å². The topological polar surface area (TPSA) is 35.0 Å². The van der Waals surface area contributed by atoms with Gasteiger partial charge in [0.2, 0.25) is 0 Å². The van der Waals surface area contributed by atoms with E-state index in [0.717, 1.165) is 23.2 Å². The number of ether oxygens (including phenoxy) is 1. The molecule has 0 aliphatic rings. The average Bonchev–Trinajstić information content (AvgIpc) is 2.59. The second-order valence-electron chi connectivity index (χ2n) is 2.47. The molecule has 0 bridgehead atoms. The van der Waals surface area contributed by atoms with Gasteiger partial charge in [0.15, 0.2) is 5.16 Å². The Labute approximate surface area is 93.2 Å². The van der Waals surface area contributed by atoms with Crippen LogP contribution < -0.4 is 0 Å². The Morgan fingerprint density at radius 3 is 2.73 bits per heavy atom. The summed E-state index contributed by atoms with van der Waals surface area (Å²) in [7, 11) is 0. The van der Waals surface area contributed by atoms with Gasteiger partial charge in [0.25, 0.3) is 0 Å². The molecule has 0 atom stereocenters. The molecule has 15 heavy (non-hydrogen) atoms. The van der Waals surface area contributed by atoms with Crippen molar-refractivity contribution in [3.05, 3.63) is 5.01 Å². The number of hydrogen-bond donors (Lipinski definition) is 0.